The van der Waals surface area contributed by atoms with Crippen LogP contribution in [0.4, 0.5) is 0 Å². The number of aliphatic imine (C=N–C) groups is 1. The summed E-state index contributed by atoms with van der Waals surface area (Å²) >= 11 is 1.78. The number of guanidine groups is 1. The maximum absolute atomic E-state index is 5.03. The molecule has 0 aliphatic carbocycles. The van der Waals surface area contributed by atoms with Crippen molar-refractivity contribution in [2.45, 2.75) is 19.8 Å². The molecule has 0 unspecified atom stereocenters. The zero-order valence-electron chi connectivity index (χ0n) is 13.3. The summed E-state index contributed by atoms with van der Waals surface area (Å²) in [5, 5.41) is 7.66. The second kappa shape index (κ2) is 9.38. The van der Waals surface area contributed by atoms with Gasteiger partial charge in [-0.25, -0.2) is 4.98 Å². The van der Waals surface area contributed by atoms with Crippen molar-refractivity contribution >= 4 is 27.5 Å². The van der Waals surface area contributed by atoms with E-state index in [1.807, 2.05) is 6.07 Å². The number of aromatic nitrogens is 1. The zero-order valence-corrected chi connectivity index (χ0v) is 14.1. The molecule has 6 heteroatoms. The number of hydrogen-bond acceptors (Lipinski definition) is 4. The average Bonchev–Trinajstić information content (AvgIpc) is 2.94. The van der Waals surface area contributed by atoms with Gasteiger partial charge in [-0.15, -0.1) is 11.3 Å². The molecule has 2 aromatic rings. The highest BCUT2D eigenvalue weighted by Gasteiger charge is 2.02. The number of ether oxygens (including phenoxy) is 1. The molecule has 2 N–H and O–H groups in total. The van der Waals surface area contributed by atoms with Gasteiger partial charge in [0.05, 0.1) is 21.8 Å². The first-order valence-electron chi connectivity index (χ1n) is 7.69. The summed E-state index contributed by atoms with van der Waals surface area (Å²) in [6.45, 7) is 5.15. The molecule has 0 atom stereocenters. The zero-order chi connectivity index (χ0) is 15.6. The number of nitrogens with zero attached hydrogens (tertiary/aromatic N) is 2. The number of hydrogen-bond donors (Lipinski definition) is 2. The van der Waals surface area contributed by atoms with Crippen LogP contribution in [0, 0.1) is 0 Å². The Morgan fingerprint density at radius 1 is 1.32 bits per heavy atom. The van der Waals surface area contributed by atoms with Crippen molar-refractivity contribution in [1.29, 1.82) is 0 Å². The number of methoxy groups -OCH3 is 1. The van der Waals surface area contributed by atoms with E-state index in [9.17, 15) is 0 Å². The Morgan fingerprint density at radius 2 is 2.18 bits per heavy atom. The van der Waals surface area contributed by atoms with Crippen molar-refractivity contribution in [2.75, 3.05) is 33.4 Å². The largest absolute Gasteiger partial charge is 0.383 e. The fraction of sp³-hybridized carbons (Fsp3) is 0.500. The molecule has 22 heavy (non-hydrogen) atoms. The van der Waals surface area contributed by atoms with Crippen molar-refractivity contribution in [3.63, 3.8) is 0 Å². The fourth-order valence-corrected chi connectivity index (χ4v) is 3.07. The molecule has 0 aliphatic rings. The van der Waals surface area contributed by atoms with Gasteiger partial charge in [0.1, 0.15) is 0 Å². The molecular formula is C16H24N4OS. The van der Waals surface area contributed by atoms with Crippen molar-refractivity contribution < 1.29 is 4.74 Å². The first-order valence-corrected chi connectivity index (χ1v) is 8.50. The molecule has 0 amide bonds. The van der Waals surface area contributed by atoms with Crippen LogP contribution in [0.1, 0.15) is 18.4 Å². The van der Waals surface area contributed by atoms with Gasteiger partial charge in [0.25, 0.3) is 0 Å². The lowest BCUT2D eigenvalue weighted by Crippen LogP contribution is -2.39. The minimum Gasteiger partial charge on any atom is -0.383 e. The van der Waals surface area contributed by atoms with Crippen LogP contribution in [-0.2, 0) is 11.2 Å². The standard InChI is InChI=1S/C16H24N4OS/c1-3-17-16(19-11-12-21-2)18-10-6-9-15-20-13-7-4-5-8-14(13)22-15/h4-5,7-8H,3,6,9-12H2,1-2H3,(H2,17,18,19). The van der Waals surface area contributed by atoms with E-state index in [-0.39, 0.29) is 0 Å². The van der Waals surface area contributed by atoms with Crippen LogP contribution in [0.5, 0.6) is 0 Å². The highest BCUT2D eigenvalue weighted by Crippen LogP contribution is 2.22. The Hall–Kier alpha value is -1.66. The molecule has 0 fully saturated rings. The number of rotatable bonds is 8. The normalized spacial score (nSPS) is 11.8. The van der Waals surface area contributed by atoms with E-state index in [1.165, 1.54) is 9.71 Å². The number of thiazole rings is 1. The first kappa shape index (κ1) is 16.7. The highest BCUT2D eigenvalue weighted by atomic mass is 32.1. The predicted molar refractivity (Wildman–Crippen MR) is 93.8 cm³/mol. The number of benzene rings is 1. The van der Waals surface area contributed by atoms with Gasteiger partial charge in [-0.3, -0.25) is 4.99 Å². The van der Waals surface area contributed by atoms with E-state index >= 15 is 0 Å². The Kier molecular flexibility index (Phi) is 7.12. The summed E-state index contributed by atoms with van der Waals surface area (Å²) in [5.74, 6) is 0.851. The number of fused-ring (bicyclic) bond motifs is 1. The van der Waals surface area contributed by atoms with E-state index in [2.05, 4.69) is 45.7 Å². The minimum absolute atomic E-state index is 0.677. The molecule has 5 nitrogen and oxygen atoms in total. The Bertz CT molecular complexity index is 564. The maximum Gasteiger partial charge on any atom is 0.191 e. The molecule has 120 valence electrons. The van der Waals surface area contributed by atoms with Crippen LogP contribution >= 0.6 is 11.3 Å². The molecule has 0 saturated heterocycles. The smallest absolute Gasteiger partial charge is 0.191 e. The van der Waals surface area contributed by atoms with Gasteiger partial charge in [0.15, 0.2) is 5.96 Å². The molecule has 0 bridgehead atoms. The molecule has 2 rings (SSSR count). The topological polar surface area (TPSA) is 58.5 Å². The average molecular weight is 320 g/mol. The quantitative estimate of drug-likeness (QED) is 0.445. The van der Waals surface area contributed by atoms with E-state index < -0.39 is 0 Å². The van der Waals surface area contributed by atoms with E-state index in [0.29, 0.717) is 6.61 Å². The van der Waals surface area contributed by atoms with Crippen LogP contribution in [0.2, 0.25) is 0 Å². The van der Waals surface area contributed by atoms with Crippen molar-refractivity contribution in [2.24, 2.45) is 4.99 Å². The van der Waals surface area contributed by atoms with Crippen molar-refractivity contribution in [3.8, 4) is 0 Å². The third-order valence-corrected chi connectivity index (χ3v) is 4.20. The second-order valence-electron chi connectivity index (χ2n) is 4.86. The fourth-order valence-electron chi connectivity index (χ4n) is 2.06. The van der Waals surface area contributed by atoms with Crippen LogP contribution in [0.15, 0.2) is 29.3 Å². The molecule has 1 aromatic carbocycles. The van der Waals surface area contributed by atoms with E-state index in [1.54, 1.807) is 18.4 Å². The molecular weight excluding hydrogens is 296 g/mol. The summed E-state index contributed by atoms with van der Waals surface area (Å²) in [7, 11) is 1.70. The molecule has 1 aromatic heterocycles. The molecule has 0 radical (unpaired) electrons. The van der Waals surface area contributed by atoms with Crippen LogP contribution in [0.3, 0.4) is 0 Å². The highest BCUT2D eigenvalue weighted by molar-refractivity contribution is 7.18. The Labute approximate surface area is 135 Å². The predicted octanol–water partition coefficient (Wildman–Crippen LogP) is 2.43. The SMILES string of the molecule is CCNC(=NCCCc1nc2ccccc2s1)NCCOC. The Balaban J connectivity index is 1.79. The summed E-state index contributed by atoms with van der Waals surface area (Å²) in [6.07, 6.45) is 1.97. The first-order chi connectivity index (χ1) is 10.8. The van der Waals surface area contributed by atoms with Crippen LogP contribution < -0.4 is 10.6 Å². The van der Waals surface area contributed by atoms with Crippen LogP contribution in [0.25, 0.3) is 10.2 Å². The molecule has 0 saturated carbocycles. The number of nitrogens with one attached hydrogen (secondary N) is 2. The summed E-state index contributed by atoms with van der Waals surface area (Å²) in [6, 6.07) is 8.28. The Morgan fingerprint density at radius 3 is 2.95 bits per heavy atom. The van der Waals surface area contributed by atoms with Gasteiger partial charge in [0.2, 0.25) is 0 Å². The van der Waals surface area contributed by atoms with Gasteiger partial charge in [-0.2, -0.15) is 0 Å². The third kappa shape index (κ3) is 5.27. The second-order valence-corrected chi connectivity index (χ2v) is 5.97. The molecule has 0 spiro atoms. The molecule has 1 heterocycles. The van der Waals surface area contributed by atoms with Gasteiger partial charge < -0.3 is 15.4 Å². The van der Waals surface area contributed by atoms with Crippen LogP contribution in [-0.4, -0.2) is 44.3 Å². The summed E-state index contributed by atoms with van der Waals surface area (Å²) in [4.78, 5) is 9.22. The van der Waals surface area contributed by atoms with E-state index in [0.717, 1.165) is 44.0 Å². The minimum atomic E-state index is 0.677. The van der Waals surface area contributed by atoms with Crippen molar-refractivity contribution in [1.82, 2.24) is 15.6 Å². The summed E-state index contributed by atoms with van der Waals surface area (Å²) in [5.41, 5.74) is 1.10. The van der Waals surface area contributed by atoms with Gasteiger partial charge in [-0.05, 0) is 25.5 Å². The summed E-state index contributed by atoms with van der Waals surface area (Å²) < 4.78 is 6.29. The third-order valence-electron chi connectivity index (χ3n) is 3.10. The lowest BCUT2D eigenvalue weighted by atomic mass is 10.3. The van der Waals surface area contributed by atoms with E-state index in [4.69, 9.17) is 4.74 Å². The lowest BCUT2D eigenvalue weighted by Gasteiger charge is -2.10. The van der Waals surface area contributed by atoms with Gasteiger partial charge in [0, 0.05) is 33.2 Å². The lowest BCUT2D eigenvalue weighted by molar-refractivity contribution is 0.203. The monoisotopic (exact) mass is 320 g/mol. The number of aryl methyl sites for hydroxylation is 1. The maximum atomic E-state index is 5.03. The number of para-hydroxylation sites is 1. The van der Waals surface area contributed by atoms with Crippen molar-refractivity contribution in [3.05, 3.63) is 29.3 Å². The molecule has 0 aliphatic heterocycles. The van der Waals surface area contributed by atoms with Gasteiger partial charge >= 0.3 is 0 Å². The van der Waals surface area contributed by atoms with Gasteiger partial charge in [-0.1, -0.05) is 12.1 Å².